The number of aromatic nitrogens is 4. The molecule has 0 atom stereocenters. The van der Waals surface area contributed by atoms with Crippen LogP contribution in [-0.4, -0.2) is 76.5 Å². The second-order valence-corrected chi connectivity index (χ2v) is 26.8. The van der Waals surface area contributed by atoms with Crippen LogP contribution in [0.1, 0.15) is 0 Å². The highest BCUT2D eigenvalue weighted by Crippen LogP contribution is 2.55. The van der Waals surface area contributed by atoms with E-state index >= 15 is 35.1 Å². The molecule has 16 aromatic rings. The van der Waals surface area contributed by atoms with Crippen LogP contribution in [0.5, 0.6) is 46.0 Å². The minimum Gasteiger partial charge on any atom is -0.495 e. The molecule has 5 heterocycles. The molecule has 0 saturated carbocycles. The Bertz CT molecular complexity index is 7100. The predicted molar refractivity (Wildman–Crippen MR) is 446 cm³/mol. The molecule has 604 valence electrons. The van der Waals surface area contributed by atoms with Crippen molar-refractivity contribution in [1.82, 2.24) is 19.6 Å². The number of H-pyrrole nitrogens is 3. The zero-order valence-electron chi connectivity index (χ0n) is 64.6. The van der Waals surface area contributed by atoms with Crippen LogP contribution in [0.15, 0.2) is 220 Å². The van der Waals surface area contributed by atoms with E-state index in [4.69, 9.17) is 52.9 Å². The minimum absolute atomic E-state index is 0.00771. The molecule has 17 rings (SSSR count). The number of hydrogen-bond acceptors (Lipinski definition) is 20. The van der Waals surface area contributed by atoms with E-state index in [9.17, 15) is 0 Å². The number of nitrogens with one attached hydrogen (secondary N) is 11. The van der Waals surface area contributed by atoms with Gasteiger partial charge in [-0.2, -0.15) is 0 Å². The van der Waals surface area contributed by atoms with Gasteiger partial charge in [-0.1, -0.05) is 97.1 Å². The van der Waals surface area contributed by atoms with Crippen molar-refractivity contribution in [1.29, 1.82) is 0 Å². The molecule has 0 aliphatic carbocycles. The Labute approximate surface area is 675 Å². The van der Waals surface area contributed by atoms with Crippen molar-refractivity contribution in [2.24, 2.45) is 20.0 Å². The van der Waals surface area contributed by atoms with Crippen LogP contribution in [0, 0.1) is 46.5 Å². The molecular formula is C88H68F8N16O8. The average Bonchev–Trinajstić information content (AvgIpc) is 1.54. The Morgan fingerprint density at radius 3 is 0.850 bits per heavy atom. The van der Waals surface area contributed by atoms with Crippen LogP contribution in [0.3, 0.4) is 0 Å². The summed E-state index contributed by atoms with van der Waals surface area (Å²) in [6.07, 6.45) is 0. The quantitative estimate of drug-likeness (QED) is 0.0152. The van der Waals surface area contributed by atoms with Gasteiger partial charge in [0.05, 0.1) is 180 Å². The van der Waals surface area contributed by atoms with E-state index in [-0.39, 0.29) is 113 Å². The fraction of sp³-hybridized carbons (Fsp3) is 0.0909. The minimum atomic E-state index is -2.34. The SMILES string of the molecule is COc1ccccc1Nc1cc2c3[nH]c(c2c(Nc2ccccc2OC)c1Nc1ccccc1OC)N=c1c2c(Nc4ccccc4OC)c(Nc4ccccc4OC)c(Nc4ccccc4OC)c(Nc4ccccc4OC)c2c(n1Nc1ccccc1OC)=Nc1[nH]c(c2c(F)c(F)c(F)c(F)c12)N=c1[nH]c(c2c(F)c(F)c(F)c(F)c12)=N3. The molecule has 12 aromatic carbocycles. The van der Waals surface area contributed by atoms with Crippen molar-refractivity contribution in [3.8, 4) is 46.0 Å². The number of halogens is 8. The number of hydrogen-bond donors (Lipinski definition) is 11. The molecule has 120 heavy (non-hydrogen) atoms. The van der Waals surface area contributed by atoms with E-state index in [1.807, 2.05) is 0 Å². The first-order valence-corrected chi connectivity index (χ1v) is 36.8. The molecule has 32 heteroatoms. The largest absolute Gasteiger partial charge is 0.495 e. The lowest BCUT2D eigenvalue weighted by atomic mass is 10.0. The lowest BCUT2D eigenvalue weighted by molar-refractivity contribution is 0.416. The number of aromatic amines is 3. The van der Waals surface area contributed by atoms with Gasteiger partial charge in [-0.15, -0.1) is 0 Å². The molecule has 8 bridgehead atoms. The zero-order chi connectivity index (χ0) is 83.3. The summed E-state index contributed by atoms with van der Waals surface area (Å²) in [5.41, 5.74) is 4.68. The third kappa shape index (κ3) is 13.3. The van der Waals surface area contributed by atoms with Crippen molar-refractivity contribution in [3.05, 3.63) is 269 Å². The number of benzene rings is 12. The van der Waals surface area contributed by atoms with Crippen molar-refractivity contribution >= 4 is 152 Å². The standard InChI is InChI=1S/C88H68F8N16O8/c1-113-52-33-17-9-25-43(52)97-51-41-42-60(76(99-45-27-11-19-35-54(45)115-3)75(51)98-44-26-10-18-34-53(44)114-2)82-104-81(42)105-83-61-62(68(90)72(94)71(93)67(61)89)84(106-83)107-85-63-64(70(92)74(96)73(95)69(63)91)86(108-85)110-88-66-65(87(109-82)112(88)111-50-32-16-24-40-59(50)120-8)77(100-46-28-12-20-36-55(46)116-4)79(102-48-30-14-22-38-57(48)118-6)80(103-49-31-15-23-39-58(49)119-7)78(66)101-47-29-13-21-37-56(47)117-5/h9-41,97-103,111H,1-8H3,(H3,104,105,106,107,108,109,110). The maximum absolute atomic E-state index is 18.0. The van der Waals surface area contributed by atoms with Crippen molar-refractivity contribution in [2.75, 3.05) is 99.5 Å². The summed E-state index contributed by atoms with van der Waals surface area (Å²) in [4.78, 5) is 29.7. The first kappa shape index (κ1) is 76.8. The summed E-state index contributed by atoms with van der Waals surface area (Å²) in [7, 11) is 11.8. The van der Waals surface area contributed by atoms with Crippen LogP contribution < -0.4 is 102 Å². The highest BCUT2D eigenvalue weighted by atomic mass is 19.2. The summed E-state index contributed by atoms with van der Waals surface area (Å²) in [5.74, 6) is -17.3. The Kier molecular flexibility index (Phi) is 20.4. The van der Waals surface area contributed by atoms with Gasteiger partial charge in [0.15, 0.2) is 57.5 Å². The summed E-state index contributed by atoms with van der Waals surface area (Å²) < 4.78 is 187. The van der Waals surface area contributed by atoms with Gasteiger partial charge in [0.2, 0.25) is 0 Å². The topological polar surface area (TPSA) is 272 Å². The molecule has 1 aliphatic heterocycles. The van der Waals surface area contributed by atoms with E-state index in [2.05, 4.69) is 62.6 Å². The molecule has 0 saturated heterocycles. The smallest absolute Gasteiger partial charge is 0.198 e. The van der Waals surface area contributed by atoms with Crippen LogP contribution in [0.4, 0.5) is 144 Å². The maximum atomic E-state index is 18.0. The Hall–Kier alpha value is -15.8. The Morgan fingerprint density at radius 2 is 0.500 bits per heavy atom. The predicted octanol–water partition coefficient (Wildman–Crippen LogP) is 20.5. The lowest BCUT2D eigenvalue weighted by Gasteiger charge is -2.26. The van der Waals surface area contributed by atoms with Crippen molar-refractivity contribution in [2.45, 2.75) is 0 Å². The molecule has 4 aromatic heterocycles. The van der Waals surface area contributed by atoms with Crippen LogP contribution in [0.2, 0.25) is 0 Å². The van der Waals surface area contributed by atoms with Crippen molar-refractivity contribution in [3.63, 3.8) is 0 Å². The number of rotatable bonds is 24. The van der Waals surface area contributed by atoms with Gasteiger partial charge in [0.1, 0.15) is 80.2 Å². The molecular weight excluding hydrogens is 1560 g/mol. The summed E-state index contributed by atoms with van der Waals surface area (Å²) in [6.45, 7) is 0. The second kappa shape index (κ2) is 31.8. The van der Waals surface area contributed by atoms with E-state index in [1.165, 1.54) is 61.6 Å². The fourth-order valence-corrected chi connectivity index (χ4v) is 14.7. The molecule has 11 N–H and O–H groups in total. The van der Waals surface area contributed by atoms with Gasteiger partial charge in [0.25, 0.3) is 0 Å². The Balaban J connectivity index is 1.20. The Morgan fingerprint density at radius 1 is 0.242 bits per heavy atom. The third-order valence-electron chi connectivity index (χ3n) is 20.2. The first-order valence-electron chi connectivity index (χ1n) is 36.8. The van der Waals surface area contributed by atoms with E-state index in [0.717, 1.165) is 0 Å². The fourth-order valence-electron chi connectivity index (χ4n) is 14.7. The normalized spacial score (nSPS) is 11.6. The summed E-state index contributed by atoms with van der Waals surface area (Å²) in [6, 6.07) is 57.2. The van der Waals surface area contributed by atoms with Crippen LogP contribution >= 0.6 is 0 Å². The number of para-hydroxylation sites is 16. The van der Waals surface area contributed by atoms with Gasteiger partial charge in [-0.05, 0) is 103 Å². The van der Waals surface area contributed by atoms with Crippen LogP contribution in [0.25, 0.3) is 43.1 Å². The molecule has 0 unspecified atom stereocenters. The van der Waals surface area contributed by atoms with Crippen molar-refractivity contribution < 1.29 is 73.0 Å². The van der Waals surface area contributed by atoms with Gasteiger partial charge in [-0.25, -0.2) is 59.8 Å². The molecule has 0 amide bonds. The third-order valence-corrected chi connectivity index (χ3v) is 20.2. The lowest BCUT2D eigenvalue weighted by Crippen LogP contribution is -2.33. The summed E-state index contributed by atoms with van der Waals surface area (Å²) >= 11 is 0. The number of methoxy groups -OCH3 is 8. The molecule has 0 spiro atoms. The van der Waals surface area contributed by atoms with E-state index in [1.54, 1.807) is 200 Å². The van der Waals surface area contributed by atoms with E-state index < -0.39 is 90.7 Å². The second-order valence-electron chi connectivity index (χ2n) is 26.8. The highest BCUT2D eigenvalue weighted by Gasteiger charge is 2.35. The zero-order valence-corrected chi connectivity index (χ0v) is 64.6. The molecule has 0 radical (unpaired) electrons. The average molecular weight is 1630 g/mol. The number of fused-ring (bicyclic) bond motifs is 20. The highest BCUT2D eigenvalue weighted by molar-refractivity contribution is 6.19. The van der Waals surface area contributed by atoms with E-state index in [0.29, 0.717) is 62.9 Å². The molecule has 24 nitrogen and oxygen atoms in total. The molecule has 0 fully saturated rings. The maximum Gasteiger partial charge on any atom is 0.198 e. The van der Waals surface area contributed by atoms with Gasteiger partial charge in [0, 0.05) is 5.39 Å². The van der Waals surface area contributed by atoms with Gasteiger partial charge >= 0.3 is 0 Å². The number of ether oxygens (including phenoxy) is 8. The molecule has 1 aliphatic rings. The monoisotopic (exact) mass is 1630 g/mol. The van der Waals surface area contributed by atoms with Gasteiger partial charge in [-0.3, -0.25) is 5.43 Å². The van der Waals surface area contributed by atoms with Crippen LogP contribution in [-0.2, 0) is 0 Å². The summed E-state index contributed by atoms with van der Waals surface area (Å²) in [5, 5.41) is 21.3. The first-order chi connectivity index (χ1) is 58.5. The number of nitrogens with zero attached hydrogens (tertiary/aromatic N) is 5. The van der Waals surface area contributed by atoms with Gasteiger partial charge < -0.3 is 90.1 Å². The number of anilines is 15.